The molecule has 0 saturated heterocycles. The third-order valence-electron chi connectivity index (χ3n) is 7.62. The molecule has 7 nitrogen and oxygen atoms in total. The lowest BCUT2D eigenvalue weighted by Crippen LogP contribution is -2.07. The number of carbonyl (C=O) groups is 1. The number of methoxy groups -OCH3 is 2. The fourth-order valence-electron chi connectivity index (χ4n) is 4.72. The number of benzene rings is 4. The van der Waals surface area contributed by atoms with Crippen LogP contribution in [0.1, 0.15) is 75.2 Å². The molecule has 264 valence electrons. The number of aliphatic hydroxyl groups excluding tert-OH is 1. The maximum atomic E-state index is 14.4. The van der Waals surface area contributed by atoms with E-state index in [4.69, 9.17) is 23.7 Å². The highest BCUT2D eigenvalue weighted by atomic mass is 19.1. The maximum absolute atomic E-state index is 14.4. The van der Waals surface area contributed by atoms with Crippen LogP contribution < -0.4 is 18.9 Å². The number of ether oxygens (including phenoxy) is 5. The predicted octanol–water partition coefficient (Wildman–Crippen LogP) is 9.81. The molecule has 0 atom stereocenters. The number of rotatable bonds is 17. The molecule has 0 aromatic heterocycles. The number of unbranched alkanes of at least 4 members (excludes halogenated alkanes) is 3. The minimum Gasteiger partial charge on any atom is -0.497 e. The predicted molar refractivity (Wildman–Crippen MR) is 189 cm³/mol. The van der Waals surface area contributed by atoms with E-state index in [1.54, 1.807) is 67.8 Å². The molecule has 0 aliphatic carbocycles. The first-order valence-electron chi connectivity index (χ1n) is 16.8. The van der Waals surface area contributed by atoms with E-state index in [1.165, 1.54) is 19.2 Å². The summed E-state index contributed by atoms with van der Waals surface area (Å²) in [4.78, 5) is 12.2. The standard InChI is InChI=1S/C22H27FO4.C18H21FO3/c1-4-6-12-26-21-14-16(22(24)27-13-7-5-2)8-10-18(21)19-15-17(25-3)9-11-20(19)23;1-3-4-9-22-18-10-13(12-20)5-7-15(18)16-11-14(21-2)6-8-17(16)19/h8-11,14-15H,4-7,12-13H2,1-3H3;5-8,10-11,20H,3-4,9,12H2,1-2H3. The van der Waals surface area contributed by atoms with Crippen molar-refractivity contribution in [2.24, 2.45) is 0 Å². The highest BCUT2D eigenvalue weighted by Gasteiger charge is 2.17. The number of hydrogen-bond donors (Lipinski definition) is 1. The molecule has 4 rings (SSSR count). The third kappa shape index (κ3) is 11.5. The van der Waals surface area contributed by atoms with Crippen LogP contribution in [0.3, 0.4) is 0 Å². The Balaban J connectivity index is 0.000000271. The molecule has 4 aromatic carbocycles. The molecular formula is C40H48F2O7. The molecule has 0 fully saturated rings. The van der Waals surface area contributed by atoms with Crippen LogP contribution in [0.2, 0.25) is 0 Å². The van der Waals surface area contributed by atoms with Gasteiger partial charge in [-0.05, 0) is 85.5 Å². The third-order valence-corrected chi connectivity index (χ3v) is 7.62. The van der Waals surface area contributed by atoms with Crippen molar-refractivity contribution in [1.29, 1.82) is 0 Å². The van der Waals surface area contributed by atoms with Crippen LogP contribution in [-0.2, 0) is 11.3 Å². The first-order valence-corrected chi connectivity index (χ1v) is 16.8. The Hall–Kier alpha value is -4.63. The first kappa shape index (κ1) is 38.8. The number of hydrogen-bond acceptors (Lipinski definition) is 7. The Bertz CT molecular complexity index is 1620. The zero-order chi connectivity index (χ0) is 35.6. The average Bonchev–Trinajstić information content (AvgIpc) is 3.12. The summed E-state index contributed by atoms with van der Waals surface area (Å²) in [5, 5.41) is 9.28. The van der Waals surface area contributed by atoms with Crippen molar-refractivity contribution in [3.05, 3.63) is 95.6 Å². The first-order chi connectivity index (χ1) is 23.8. The number of esters is 1. The largest absolute Gasteiger partial charge is 0.497 e. The van der Waals surface area contributed by atoms with Gasteiger partial charge in [-0.1, -0.05) is 52.2 Å². The number of halogens is 2. The lowest BCUT2D eigenvalue weighted by molar-refractivity contribution is 0.0499. The molecule has 4 aromatic rings. The molecule has 0 amide bonds. The highest BCUT2D eigenvalue weighted by molar-refractivity contribution is 5.91. The van der Waals surface area contributed by atoms with E-state index >= 15 is 0 Å². The molecule has 9 heteroatoms. The Labute approximate surface area is 288 Å². The Morgan fingerprint density at radius 1 is 0.612 bits per heavy atom. The van der Waals surface area contributed by atoms with Gasteiger partial charge in [-0.2, -0.15) is 0 Å². The van der Waals surface area contributed by atoms with Gasteiger partial charge in [-0.25, -0.2) is 13.6 Å². The van der Waals surface area contributed by atoms with Gasteiger partial charge in [0.15, 0.2) is 0 Å². The summed E-state index contributed by atoms with van der Waals surface area (Å²) in [6, 6.07) is 19.4. The van der Waals surface area contributed by atoms with E-state index in [1.807, 2.05) is 6.92 Å². The second-order valence-corrected chi connectivity index (χ2v) is 11.3. The second-order valence-electron chi connectivity index (χ2n) is 11.3. The van der Waals surface area contributed by atoms with E-state index in [-0.39, 0.29) is 18.2 Å². The van der Waals surface area contributed by atoms with Gasteiger partial charge in [0.1, 0.15) is 34.6 Å². The monoisotopic (exact) mass is 678 g/mol. The van der Waals surface area contributed by atoms with Gasteiger partial charge < -0.3 is 28.8 Å². The zero-order valence-electron chi connectivity index (χ0n) is 29.2. The normalized spacial score (nSPS) is 10.5. The van der Waals surface area contributed by atoms with E-state index in [0.29, 0.717) is 70.6 Å². The maximum Gasteiger partial charge on any atom is 0.338 e. The van der Waals surface area contributed by atoms with Gasteiger partial charge in [0.2, 0.25) is 0 Å². The molecule has 0 saturated carbocycles. The SMILES string of the molecule is CCCCOC(=O)c1ccc(-c2cc(OC)ccc2F)c(OCCCC)c1.CCCCOc1cc(CO)ccc1-c1cc(OC)ccc1F. The molecule has 49 heavy (non-hydrogen) atoms. The summed E-state index contributed by atoms with van der Waals surface area (Å²) in [6.45, 7) is 7.53. The minimum absolute atomic E-state index is 0.0784. The van der Waals surface area contributed by atoms with Gasteiger partial charge in [0, 0.05) is 22.3 Å². The molecule has 0 radical (unpaired) electrons. The van der Waals surface area contributed by atoms with Gasteiger partial charge in [0.25, 0.3) is 0 Å². The Kier molecular flexibility index (Phi) is 16.4. The van der Waals surface area contributed by atoms with Crippen LogP contribution in [-0.4, -0.2) is 45.1 Å². The van der Waals surface area contributed by atoms with Crippen LogP contribution in [0, 0.1) is 11.6 Å². The summed E-state index contributed by atoms with van der Waals surface area (Å²) in [6.07, 6.45) is 5.55. The number of aliphatic hydroxyl groups is 1. The molecule has 1 N–H and O–H groups in total. The van der Waals surface area contributed by atoms with Crippen LogP contribution in [0.15, 0.2) is 72.8 Å². The smallest absolute Gasteiger partial charge is 0.338 e. The lowest BCUT2D eigenvalue weighted by Gasteiger charge is -2.14. The van der Waals surface area contributed by atoms with E-state index in [0.717, 1.165) is 44.1 Å². The van der Waals surface area contributed by atoms with Crippen LogP contribution in [0.4, 0.5) is 8.78 Å². The minimum atomic E-state index is -0.401. The van der Waals surface area contributed by atoms with E-state index < -0.39 is 5.97 Å². The van der Waals surface area contributed by atoms with Gasteiger partial charge >= 0.3 is 5.97 Å². The van der Waals surface area contributed by atoms with Crippen molar-refractivity contribution >= 4 is 5.97 Å². The topological polar surface area (TPSA) is 83.5 Å². The molecule has 0 aliphatic heterocycles. The second kappa shape index (κ2) is 20.7. The van der Waals surface area contributed by atoms with E-state index in [2.05, 4.69) is 13.8 Å². The molecular weight excluding hydrogens is 630 g/mol. The van der Waals surface area contributed by atoms with E-state index in [9.17, 15) is 18.7 Å². The summed E-state index contributed by atoms with van der Waals surface area (Å²) in [7, 11) is 3.08. The molecule has 0 spiro atoms. The quantitative estimate of drug-likeness (QED) is 0.0879. The summed E-state index contributed by atoms with van der Waals surface area (Å²) in [5.41, 5.74) is 3.16. The van der Waals surface area contributed by atoms with Crippen molar-refractivity contribution in [3.8, 4) is 45.3 Å². The summed E-state index contributed by atoms with van der Waals surface area (Å²) >= 11 is 0. The van der Waals surface area contributed by atoms with Crippen LogP contribution in [0.25, 0.3) is 22.3 Å². The summed E-state index contributed by atoms with van der Waals surface area (Å²) in [5.74, 6) is 1.05. The van der Waals surface area contributed by atoms with Crippen molar-refractivity contribution in [2.45, 2.75) is 65.9 Å². The summed E-state index contributed by atoms with van der Waals surface area (Å²) < 4.78 is 55.9. The lowest BCUT2D eigenvalue weighted by atomic mass is 10.0. The van der Waals surface area contributed by atoms with Crippen LogP contribution in [0.5, 0.6) is 23.0 Å². The van der Waals surface area contributed by atoms with Crippen molar-refractivity contribution in [3.63, 3.8) is 0 Å². The van der Waals surface area contributed by atoms with Crippen molar-refractivity contribution < 1.29 is 42.4 Å². The van der Waals surface area contributed by atoms with Crippen molar-refractivity contribution in [2.75, 3.05) is 34.0 Å². The average molecular weight is 679 g/mol. The van der Waals surface area contributed by atoms with Gasteiger partial charge in [-0.3, -0.25) is 0 Å². The fraction of sp³-hybridized carbons (Fsp3) is 0.375. The fourth-order valence-corrected chi connectivity index (χ4v) is 4.72. The molecule has 0 bridgehead atoms. The van der Waals surface area contributed by atoms with Gasteiger partial charge in [-0.15, -0.1) is 0 Å². The number of carbonyl (C=O) groups excluding carboxylic acids is 1. The molecule has 0 unspecified atom stereocenters. The molecule has 0 aliphatic rings. The van der Waals surface area contributed by atoms with Crippen LogP contribution >= 0.6 is 0 Å². The Morgan fingerprint density at radius 3 is 1.59 bits per heavy atom. The Morgan fingerprint density at radius 2 is 1.10 bits per heavy atom. The van der Waals surface area contributed by atoms with Gasteiger partial charge in [0.05, 0.1) is 46.2 Å². The van der Waals surface area contributed by atoms with Crippen molar-refractivity contribution in [1.82, 2.24) is 0 Å². The zero-order valence-corrected chi connectivity index (χ0v) is 29.2. The highest BCUT2D eigenvalue weighted by Crippen LogP contribution is 2.36. The molecule has 0 heterocycles.